The minimum absolute atomic E-state index is 0.337. The summed E-state index contributed by atoms with van der Waals surface area (Å²) in [5, 5.41) is 15.6. The smallest absolute Gasteiger partial charge is 0.330 e. The molecule has 2 rings (SSSR count). The zero-order valence-corrected chi connectivity index (χ0v) is 13.0. The second kappa shape index (κ2) is 6.70. The van der Waals surface area contributed by atoms with Crippen LogP contribution in [-0.4, -0.2) is 17.0 Å². The normalized spacial score (nSPS) is 13.4. The number of hydrogen-bond acceptors (Lipinski definition) is 3. The molecule has 4 nitrogen and oxygen atoms in total. The lowest BCUT2D eigenvalue weighted by molar-refractivity contribution is -0.142. The van der Waals surface area contributed by atoms with E-state index in [2.05, 4.69) is 5.32 Å². The van der Waals surface area contributed by atoms with Crippen LogP contribution in [0.2, 0.25) is 0 Å². The average Bonchev–Trinajstić information content (AvgIpc) is 3.00. The number of aryl methyl sites for hydroxylation is 1. The molecule has 6 heteroatoms. The van der Waals surface area contributed by atoms with Gasteiger partial charge in [-0.05, 0) is 53.4 Å². The van der Waals surface area contributed by atoms with E-state index < -0.39 is 23.7 Å². The van der Waals surface area contributed by atoms with E-state index >= 15 is 0 Å². The van der Waals surface area contributed by atoms with E-state index in [0.717, 1.165) is 5.56 Å². The third kappa shape index (κ3) is 3.51. The Morgan fingerprint density at radius 3 is 2.55 bits per heavy atom. The zero-order chi connectivity index (χ0) is 16.3. The minimum Gasteiger partial charge on any atom is -0.479 e. The summed E-state index contributed by atoms with van der Waals surface area (Å²) >= 11 is 1.47. The van der Waals surface area contributed by atoms with Gasteiger partial charge >= 0.3 is 5.97 Å². The van der Waals surface area contributed by atoms with Crippen LogP contribution in [-0.2, 0) is 9.59 Å². The number of carbonyl (C=O) groups excluding carboxylic acids is 1. The molecule has 1 aromatic heterocycles. The molecule has 2 atom stereocenters. The van der Waals surface area contributed by atoms with Crippen molar-refractivity contribution in [3.05, 3.63) is 57.5 Å². The maximum absolute atomic E-state index is 13.3. The fourth-order valence-corrected chi connectivity index (χ4v) is 2.83. The van der Waals surface area contributed by atoms with Gasteiger partial charge in [-0.3, -0.25) is 4.79 Å². The molecule has 116 valence electrons. The molecule has 0 radical (unpaired) electrons. The molecular weight excluding hydrogens is 305 g/mol. The predicted molar refractivity (Wildman–Crippen MR) is 82.4 cm³/mol. The molecule has 0 aliphatic rings. The second-order valence-corrected chi connectivity index (χ2v) is 5.85. The third-order valence-electron chi connectivity index (χ3n) is 3.49. The van der Waals surface area contributed by atoms with Gasteiger partial charge in [0.15, 0.2) is 6.04 Å². The Labute approximate surface area is 131 Å². The van der Waals surface area contributed by atoms with E-state index in [1.54, 1.807) is 13.8 Å². The van der Waals surface area contributed by atoms with Crippen LogP contribution in [0.15, 0.2) is 35.0 Å². The van der Waals surface area contributed by atoms with Crippen molar-refractivity contribution in [3.8, 4) is 0 Å². The molecule has 0 saturated carbocycles. The van der Waals surface area contributed by atoms with Crippen molar-refractivity contribution in [2.45, 2.75) is 25.8 Å². The van der Waals surface area contributed by atoms with Crippen LogP contribution in [0.4, 0.5) is 4.39 Å². The number of benzene rings is 1. The lowest BCUT2D eigenvalue weighted by atomic mass is 10.0. The molecule has 0 spiro atoms. The highest BCUT2D eigenvalue weighted by molar-refractivity contribution is 7.08. The first-order valence-corrected chi connectivity index (χ1v) is 7.65. The second-order valence-electron chi connectivity index (χ2n) is 5.07. The van der Waals surface area contributed by atoms with Gasteiger partial charge in [-0.15, -0.1) is 0 Å². The molecule has 0 aliphatic heterocycles. The van der Waals surface area contributed by atoms with E-state index in [-0.39, 0.29) is 5.91 Å². The Morgan fingerprint density at radius 1 is 1.27 bits per heavy atom. The van der Waals surface area contributed by atoms with Crippen molar-refractivity contribution in [1.29, 1.82) is 0 Å². The van der Waals surface area contributed by atoms with Gasteiger partial charge in [-0.1, -0.05) is 12.1 Å². The molecule has 0 aliphatic carbocycles. The number of carboxylic acid groups (broad SMARTS) is 1. The molecule has 22 heavy (non-hydrogen) atoms. The van der Waals surface area contributed by atoms with Gasteiger partial charge in [-0.2, -0.15) is 11.3 Å². The van der Waals surface area contributed by atoms with Gasteiger partial charge in [0.25, 0.3) is 0 Å². The number of hydrogen-bond donors (Lipinski definition) is 2. The molecule has 2 unspecified atom stereocenters. The van der Waals surface area contributed by atoms with E-state index in [1.165, 1.54) is 29.5 Å². The molecular formula is C16H16FNO3S. The fraction of sp³-hybridized carbons (Fsp3) is 0.250. The van der Waals surface area contributed by atoms with Crippen molar-refractivity contribution < 1.29 is 19.1 Å². The van der Waals surface area contributed by atoms with Crippen molar-refractivity contribution in [1.82, 2.24) is 5.32 Å². The van der Waals surface area contributed by atoms with Crippen LogP contribution in [0.5, 0.6) is 0 Å². The first-order chi connectivity index (χ1) is 10.4. The molecule has 2 aromatic rings. The third-order valence-corrected chi connectivity index (χ3v) is 4.19. The summed E-state index contributed by atoms with van der Waals surface area (Å²) in [5.74, 6) is -2.43. The van der Waals surface area contributed by atoms with Crippen molar-refractivity contribution >= 4 is 23.2 Å². The van der Waals surface area contributed by atoms with E-state index in [9.17, 15) is 19.1 Å². The number of nitrogens with one attached hydrogen (secondary N) is 1. The Hall–Kier alpha value is -2.21. The van der Waals surface area contributed by atoms with E-state index in [4.69, 9.17) is 0 Å². The molecule has 1 amide bonds. The number of carboxylic acids is 1. The number of thiophene rings is 1. The Kier molecular flexibility index (Phi) is 4.92. The van der Waals surface area contributed by atoms with Gasteiger partial charge in [0.05, 0.1) is 5.92 Å². The summed E-state index contributed by atoms with van der Waals surface area (Å²) < 4.78 is 13.3. The summed E-state index contributed by atoms with van der Waals surface area (Å²) in [5.41, 5.74) is 1.52. The maximum atomic E-state index is 13.3. The summed E-state index contributed by atoms with van der Waals surface area (Å²) in [7, 11) is 0. The summed E-state index contributed by atoms with van der Waals surface area (Å²) in [6.45, 7) is 3.26. The van der Waals surface area contributed by atoms with Gasteiger partial charge in [0.2, 0.25) is 5.91 Å². The van der Waals surface area contributed by atoms with Crippen molar-refractivity contribution in [3.63, 3.8) is 0 Å². The molecule has 0 saturated heterocycles. The van der Waals surface area contributed by atoms with Crippen molar-refractivity contribution in [2.24, 2.45) is 0 Å². The quantitative estimate of drug-likeness (QED) is 0.888. The van der Waals surface area contributed by atoms with Gasteiger partial charge < -0.3 is 10.4 Å². The standard InChI is InChI=1S/C16H16FNO3S/c1-9-7-11(3-4-13(9)17)14(16(20)21)18-15(19)10(2)12-5-6-22-8-12/h3-8,10,14H,1-2H3,(H,18,19)(H,20,21). The highest BCUT2D eigenvalue weighted by Gasteiger charge is 2.25. The van der Waals surface area contributed by atoms with Crippen LogP contribution in [0, 0.1) is 12.7 Å². The number of carbonyl (C=O) groups is 2. The lowest BCUT2D eigenvalue weighted by Crippen LogP contribution is -2.36. The van der Waals surface area contributed by atoms with Gasteiger partial charge in [0, 0.05) is 0 Å². The van der Waals surface area contributed by atoms with Crippen LogP contribution < -0.4 is 5.32 Å². The first kappa shape index (κ1) is 16.2. The predicted octanol–water partition coefficient (Wildman–Crippen LogP) is 3.24. The highest BCUT2D eigenvalue weighted by atomic mass is 32.1. The Bertz CT molecular complexity index is 685. The summed E-state index contributed by atoms with van der Waals surface area (Å²) in [4.78, 5) is 23.7. The molecule has 2 N–H and O–H groups in total. The van der Waals surface area contributed by atoms with Crippen LogP contribution >= 0.6 is 11.3 Å². The summed E-state index contributed by atoms with van der Waals surface area (Å²) in [6.07, 6.45) is 0. The van der Waals surface area contributed by atoms with Crippen LogP contribution in [0.1, 0.15) is 35.6 Å². The topological polar surface area (TPSA) is 66.4 Å². The highest BCUT2D eigenvalue weighted by Crippen LogP contribution is 2.22. The Morgan fingerprint density at radius 2 is 2.00 bits per heavy atom. The SMILES string of the molecule is Cc1cc(C(NC(=O)C(C)c2ccsc2)C(=O)O)ccc1F. The van der Waals surface area contributed by atoms with E-state index in [0.29, 0.717) is 11.1 Å². The van der Waals surface area contributed by atoms with Crippen LogP contribution in [0.3, 0.4) is 0 Å². The molecule has 1 heterocycles. The summed E-state index contributed by atoms with van der Waals surface area (Å²) in [6, 6.07) is 4.63. The monoisotopic (exact) mass is 321 g/mol. The molecule has 0 fully saturated rings. The fourth-order valence-electron chi connectivity index (χ4n) is 2.08. The van der Waals surface area contributed by atoms with Gasteiger partial charge in [0.1, 0.15) is 5.82 Å². The van der Waals surface area contributed by atoms with Crippen LogP contribution in [0.25, 0.3) is 0 Å². The minimum atomic E-state index is -1.20. The Balaban J connectivity index is 2.20. The molecule has 0 bridgehead atoms. The average molecular weight is 321 g/mol. The van der Waals surface area contributed by atoms with E-state index in [1.807, 2.05) is 16.8 Å². The largest absolute Gasteiger partial charge is 0.479 e. The maximum Gasteiger partial charge on any atom is 0.330 e. The zero-order valence-electron chi connectivity index (χ0n) is 12.2. The van der Waals surface area contributed by atoms with Crippen molar-refractivity contribution in [2.75, 3.05) is 0 Å². The molecule has 1 aromatic carbocycles. The number of amides is 1. The number of halogens is 1. The van der Waals surface area contributed by atoms with Gasteiger partial charge in [-0.25, -0.2) is 9.18 Å². The number of aliphatic carboxylic acids is 1. The number of rotatable bonds is 5. The lowest BCUT2D eigenvalue weighted by Gasteiger charge is -2.18. The first-order valence-electron chi connectivity index (χ1n) is 6.71.